The Morgan fingerprint density at radius 1 is 1.12 bits per heavy atom. The van der Waals surface area contributed by atoms with E-state index >= 15 is 0 Å². The summed E-state index contributed by atoms with van der Waals surface area (Å²) in [6.07, 6.45) is 0. The van der Waals surface area contributed by atoms with Gasteiger partial charge in [-0.2, -0.15) is 0 Å². The van der Waals surface area contributed by atoms with E-state index in [4.69, 9.17) is 4.74 Å². The summed E-state index contributed by atoms with van der Waals surface area (Å²) < 4.78 is 7.53. The van der Waals surface area contributed by atoms with E-state index in [-0.39, 0.29) is 11.2 Å². The van der Waals surface area contributed by atoms with E-state index in [0.717, 1.165) is 21.7 Å². The van der Waals surface area contributed by atoms with Gasteiger partial charge in [0.1, 0.15) is 5.75 Å². The molecule has 1 unspecified atom stereocenters. The van der Waals surface area contributed by atoms with Gasteiger partial charge in [0.15, 0.2) is 11.0 Å². The minimum absolute atomic E-state index is 0.0410. The molecule has 1 atom stereocenters. The smallest absolute Gasteiger partial charge is 0.233 e. The van der Waals surface area contributed by atoms with Crippen molar-refractivity contribution in [1.82, 2.24) is 20.1 Å². The Morgan fingerprint density at radius 2 is 1.91 bits per heavy atom. The summed E-state index contributed by atoms with van der Waals surface area (Å²) in [4.78, 5) is 13.8. The fraction of sp³-hybridized carbons (Fsp3) is 0.208. The molecule has 0 aliphatic carbocycles. The lowest BCUT2D eigenvalue weighted by molar-refractivity contribution is -0.120. The van der Waals surface area contributed by atoms with Gasteiger partial charge in [-0.3, -0.25) is 9.36 Å². The van der Waals surface area contributed by atoms with Crippen molar-refractivity contribution in [3.63, 3.8) is 0 Å². The van der Waals surface area contributed by atoms with Gasteiger partial charge in [-0.05, 0) is 49.6 Å². The van der Waals surface area contributed by atoms with Crippen LogP contribution in [0.1, 0.15) is 17.4 Å². The molecule has 2 aromatic heterocycles. The van der Waals surface area contributed by atoms with Crippen molar-refractivity contribution in [1.29, 1.82) is 0 Å². The largest absolute Gasteiger partial charge is 0.496 e. The molecule has 0 fully saturated rings. The first-order valence-electron chi connectivity index (χ1n) is 10.2. The Labute approximate surface area is 195 Å². The van der Waals surface area contributed by atoms with Crippen LogP contribution in [0.2, 0.25) is 0 Å². The van der Waals surface area contributed by atoms with Crippen LogP contribution >= 0.6 is 23.1 Å². The second-order valence-corrected chi connectivity index (χ2v) is 9.57. The molecule has 1 amide bonds. The van der Waals surface area contributed by atoms with Crippen LogP contribution < -0.4 is 10.1 Å². The fourth-order valence-corrected chi connectivity index (χ4v) is 4.76. The number of nitrogens with one attached hydrogen (secondary N) is 1. The second kappa shape index (κ2) is 10.0. The Hall–Kier alpha value is -3.10. The molecule has 0 aliphatic rings. The third-order valence-electron chi connectivity index (χ3n) is 4.94. The molecule has 164 valence electrons. The Bertz CT molecular complexity index is 1190. The van der Waals surface area contributed by atoms with Crippen molar-refractivity contribution in [2.45, 2.75) is 30.8 Å². The third kappa shape index (κ3) is 4.87. The SMILES string of the molecule is COc1ccccc1-c1nnc(SC(C)C(=O)NCc2cccs2)n1-c1ccc(C)cc1. The Morgan fingerprint density at radius 3 is 2.62 bits per heavy atom. The summed E-state index contributed by atoms with van der Waals surface area (Å²) in [5.74, 6) is 1.34. The van der Waals surface area contributed by atoms with E-state index < -0.39 is 0 Å². The molecule has 8 heteroatoms. The predicted molar refractivity (Wildman–Crippen MR) is 130 cm³/mol. The number of rotatable bonds is 8. The summed E-state index contributed by atoms with van der Waals surface area (Å²) in [6.45, 7) is 4.45. The molecule has 6 nitrogen and oxygen atoms in total. The lowest BCUT2D eigenvalue weighted by atomic mass is 10.1. The maximum absolute atomic E-state index is 12.7. The van der Waals surface area contributed by atoms with E-state index in [1.165, 1.54) is 11.8 Å². The Kier molecular flexibility index (Phi) is 6.92. The molecule has 0 saturated carbocycles. The quantitative estimate of drug-likeness (QED) is 0.367. The number of aromatic nitrogens is 3. The monoisotopic (exact) mass is 464 g/mol. The number of carbonyl (C=O) groups is 1. The van der Waals surface area contributed by atoms with Gasteiger partial charge in [-0.25, -0.2) is 0 Å². The number of hydrogen-bond acceptors (Lipinski definition) is 6. The van der Waals surface area contributed by atoms with Crippen LogP contribution in [-0.4, -0.2) is 33.0 Å². The van der Waals surface area contributed by atoms with Gasteiger partial charge in [0, 0.05) is 10.6 Å². The number of nitrogens with zero attached hydrogens (tertiary/aromatic N) is 3. The van der Waals surface area contributed by atoms with Gasteiger partial charge in [-0.15, -0.1) is 21.5 Å². The van der Waals surface area contributed by atoms with Crippen molar-refractivity contribution >= 4 is 29.0 Å². The number of methoxy groups -OCH3 is 1. The molecule has 0 bridgehead atoms. The lowest BCUT2D eigenvalue weighted by Gasteiger charge is -2.15. The van der Waals surface area contributed by atoms with Crippen molar-refractivity contribution < 1.29 is 9.53 Å². The normalized spacial score (nSPS) is 11.8. The first-order chi connectivity index (χ1) is 15.6. The van der Waals surface area contributed by atoms with Gasteiger partial charge >= 0.3 is 0 Å². The molecule has 4 rings (SSSR count). The van der Waals surface area contributed by atoms with Crippen LogP contribution in [0.25, 0.3) is 17.1 Å². The molecule has 4 aromatic rings. The summed E-state index contributed by atoms with van der Waals surface area (Å²) in [7, 11) is 1.64. The number of thioether (sulfide) groups is 1. The Balaban J connectivity index is 1.65. The fourth-order valence-electron chi connectivity index (χ4n) is 3.22. The van der Waals surface area contributed by atoms with Crippen LogP contribution in [0.4, 0.5) is 0 Å². The van der Waals surface area contributed by atoms with Crippen LogP contribution in [0.3, 0.4) is 0 Å². The molecule has 1 N–H and O–H groups in total. The maximum Gasteiger partial charge on any atom is 0.233 e. The first kappa shape index (κ1) is 22.1. The highest BCUT2D eigenvalue weighted by atomic mass is 32.2. The topological polar surface area (TPSA) is 69.0 Å². The summed E-state index contributed by atoms with van der Waals surface area (Å²) >= 11 is 3.01. The standard InChI is InChI=1S/C24H24N4O2S2/c1-16-10-12-18(13-11-16)28-22(20-8-4-5-9-21(20)30-3)26-27-24(28)32-17(2)23(29)25-15-19-7-6-14-31-19/h4-14,17H,15H2,1-3H3,(H,25,29). The van der Waals surface area contributed by atoms with E-state index in [1.807, 2.05) is 84.5 Å². The predicted octanol–water partition coefficient (Wildman–Crippen LogP) is 5.11. The summed E-state index contributed by atoms with van der Waals surface area (Å²) in [6, 6.07) is 19.9. The number of ether oxygens (including phenoxy) is 1. The van der Waals surface area contributed by atoms with Gasteiger partial charge in [0.25, 0.3) is 0 Å². The minimum Gasteiger partial charge on any atom is -0.496 e. The molecule has 32 heavy (non-hydrogen) atoms. The van der Waals surface area contributed by atoms with Gasteiger partial charge in [-0.1, -0.05) is 47.7 Å². The number of aryl methyl sites for hydroxylation is 1. The van der Waals surface area contributed by atoms with E-state index in [1.54, 1.807) is 18.4 Å². The molecular weight excluding hydrogens is 440 g/mol. The van der Waals surface area contributed by atoms with Crippen molar-refractivity contribution in [3.8, 4) is 22.8 Å². The highest BCUT2D eigenvalue weighted by Gasteiger charge is 2.23. The number of benzene rings is 2. The average Bonchev–Trinajstić information content (AvgIpc) is 3.48. The van der Waals surface area contributed by atoms with Gasteiger partial charge in [0.2, 0.25) is 5.91 Å². The van der Waals surface area contributed by atoms with E-state index in [9.17, 15) is 4.79 Å². The number of para-hydroxylation sites is 1. The van der Waals surface area contributed by atoms with Crippen LogP contribution in [0.15, 0.2) is 71.2 Å². The summed E-state index contributed by atoms with van der Waals surface area (Å²) in [5, 5.41) is 14.2. The van der Waals surface area contributed by atoms with Crippen LogP contribution in [0.5, 0.6) is 5.75 Å². The number of thiophene rings is 1. The average molecular weight is 465 g/mol. The molecule has 0 radical (unpaired) electrons. The van der Waals surface area contributed by atoms with Gasteiger partial charge < -0.3 is 10.1 Å². The maximum atomic E-state index is 12.7. The lowest BCUT2D eigenvalue weighted by Crippen LogP contribution is -2.30. The molecule has 2 aromatic carbocycles. The van der Waals surface area contributed by atoms with Crippen molar-refractivity contribution in [2.24, 2.45) is 0 Å². The highest BCUT2D eigenvalue weighted by molar-refractivity contribution is 8.00. The number of carbonyl (C=O) groups excluding carboxylic acids is 1. The molecule has 0 saturated heterocycles. The second-order valence-electron chi connectivity index (χ2n) is 7.23. The molecule has 0 spiro atoms. The number of hydrogen-bond donors (Lipinski definition) is 1. The van der Waals surface area contributed by atoms with Crippen molar-refractivity contribution in [3.05, 3.63) is 76.5 Å². The van der Waals surface area contributed by atoms with Gasteiger partial charge in [0.05, 0.1) is 24.5 Å². The molecule has 2 heterocycles. The number of amides is 1. The van der Waals surface area contributed by atoms with Crippen LogP contribution in [-0.2, 0) is 11.3 Å². The van der Waals surface area contributed by atoms with E-state index in [0.29, 0.717) is 23.3 Å². The summed E-state index contributed by atoms with van der Waals surface area (Å²) in [5.41, 5.74) is 2.93. The van der Waals surface area contributed by atoms with Crippen molar-refractivity contribution in [2.75, 3.05) is 7.11 Å². The molecular formula is C24H24N4O2S2. The molecule has 0 aliphatic heterocycles. The third-order valence-corrected chi connectivity index (χ3v) is 6.86. The minimum atomic E-state index is -0.339. The zero-order valence-corrected chi connectivity index (χ0v) is 19.7. The van der Waals surface area contributed by atoms with E-state index in [2.05, 4.69) is 15.5 Å². The first-order valence-corrected chi connectivity index (χ1v) is 12.0. The zero-order valence-electron chi connectivity index (χ0n) is 18.1. The highest BCUT2D eigenvalue weighted by Crippen LogP contribution is 2.34. The van der Waals surface area contributed by atoms with Crippen LogP contribution in [0, 0.1) is 6.92 Å². The zero-order chi connectivity index (χ0) is 22.5.